The number of rotatable bonds is 19. The number of unbranched alkanes of at least 4 members (excludes halogenated alkanes) is 1. The monoisotopic (exact) mass is 609 g/mol. The molecular formula is C27H38F3NO9S. The fraction of sp³-hybridized carbons (Fsp3) is 0.667. The molecule has 1 aromatic carbocycles. The van der Waals surface area contributed by atoms with Gasteiger partial charge in [-0.25, -0.2) is 0 Å². The van der Waals surface area contributed by atoms with Gasteiger partial charge in [-0.2, -0.15) is 24.9 Å². The molecule has 1 fully saturated rings. The van der Waals surface area contributed by atoms with E-state index >= 15 is 0 Å². The van der Waals surface area contributed by atoms with E-state index in [1.54, 1.807) is 0 Å². The minimum atomic E-state index is -4.49. The van der Waals surface area contributed by atoms with Crippen LogP contribution in [0.25, 0.3) is 0 Å². The third-order valence-electron chi connectivity index (χ3n) is 6.70. The molecule has 0 spiro atoms. The maximum Gasteiger partial charge on any atom is 0.416 e. The largest absolute Gasteiger partial charge is 0.491 e. The number of allylic oxidation sites excluding steroid dienone is 2. The summed E-state index contributed by atoms with van der Waals surface area (Å²) in [5.41, 5.74) is -0.838. The Morgan fingerprint density at radius 2 is 1.90 bits per heavy atom. The van der Waals surface area contributed by atoms with Crippen LogP contribution in [0.2, 0.25) is 0 Å². The number of hydrogen-bond acceptors (Lipinski definition) is 10. The molecule has 0 heterocycles. The van der Waals surface area contributed by atoms with Gasteiger partial charge < -0.3 is 29.6 Å². The van der Waals surface area contributed by atoms with Crippen LogP contribution in [0.5, 0.6) is 5.75 Å². The highest BCUT2D eigenvalue weighted by atomic mass is 32.2. The fourth-order valence-electron chi connectivity index (χ4n) is 4.62. The minimum Gasteiger partial charge on any atom is -0.491 e. The Balaban J connectivity index is 1.63. The van der Waals surface area contributed by atoms with Gasteiger partial charge in [0.15, 0.2) is 0 Å². The van der Waals surface area contributed by atoms with Gasteiger partial charge in [0.25, 0.3) is 5.09 Å². The number of hydrogen-bond donors (Lipinski definition) is 3. The van der Waals surface area contributed by atoms with Gasteiger partial charge in [0.2, 0.25) is 0 Å². The summed E-state index contributed by atoms with van der Waals surface area (Å²) >= 11 is 1.38. The van der Waals surface area contributed by atoms with Crippen molar-refractivity contribution in [3.05, 3.63) is 52.1 Å². The number of benzene rings is 1. The summed E-state index contributed by atoms with van der Waals surface area (Å²) in [6, 6.07) is 4.42. The summed E-state index contributed by atoms with van der Waals surface area (Å²) in [5, 5.41) is 40.3. The van der Waals surface area contributed by atoms with E-state index in [1.165, 1.54) is 23.9 Å². The number of thioether (sulfide) groups is 1. The first-order chi connectivity index (χ1) is 19.5. The molecule has 14 heteroatoms. The molecule has 41 heavy (non-hydrogen) atoms. The van der Waals surface area contributed by atoms with Gasteiger partial charge in [-0.1, -0.05) is 18.2 Å². The number of carbonyl (C=O) groups excluding carboxylic acids is 1. The van der Waals surface area contributed by atoms with Gasteiger partial charge in [0.1, 0.15) is 25.6 Å². The van der Waals surface area contributed by atoms with Crippen molar-refractivity contribution in [1.82, 2.24) is 0 Å². The lowest BCUT2D eigenvalue weighted by molar-refractivity contribution is -0.756. The van der Waals surface area contributed by atoms with Crippen molar-refractivity contribution >= 4 is 17.7 Å². The molecule has 5 atom stereocenters. The van der Waals surface area contributed by atoms with E-state index in [0.717, 1.165) is 12.1 Å². The predicted molar refractivity (Wildman–Crippen MR) is 145 cm³/mol. The number of nitrogens with zero attached hydrogens (tertiary/aromatic N) is 1. The number of ether oxygens (including phenoxy) is 2. The van der Waals surface area contributed by atoms with Gasteiger partial charge in [0, 0.05) is 17.9 Å². The van der Waals surface area contributed by atoms with Crippen molar-refractivity contribution < 1.29 is 52.7 Å². The van der Waals surface area contributed by atoms with E-state index in [0.29, 0.717) is 37.2 Å². The zero-order valence-electron chi connectivity index (χ0n) is 22.6. The van der Waals surface area contributed by atoms with Crippen molar-refractivity contribution in [1.29, 1.82) is 0 Å². The molecule has 0 radical (unpaired) electrons. The van der Waals surface area contributed by atoms with E-state index in [2.05, 4.69) is 4.84 Å². The third kappa shape index (κ3) is 13.8. The molecule has 1 aliphatic rings. The normalized spacial score (nSPS) is 21.6. The highest BCUT2D eigenvalue weighted by Gasteiger charge is 2.40. The minimum absolute atomic E-state index is 0.00317. The molecule has 10 nitrogen and oxygen atoms in total. The van der Waals surface area contributed by atoms with Gasteiger partial charge in [-0.05, 0) is 68.6 Å². The maximum atomic E-state index is 12.9. The molecule has 0 unspecified atom stereocenters. The maximum absolute atomic E-state index is 12.9. The predicted octanol–water partition coefficient (Wildman–Crippen LogP) is 4.18. The molecule has 0 aromatic heterocycles. The van der Waals surface area contributed by atoms with Gasteiger partial charge in [-0.3, -0.25) is 4.79 Å². The Bertz CT molecular complexity index is 966. The van der Waals surface area contributed by atoms with Gasteiger partial charge in [-0.15, -0.1) is 10.1 Å². The number of carbonyl (C=O) groups is 1. The molecule has 232 valence electrons. The van der Waals surface area contributed by atoms with E-state index in [-0.39, 0.29) is 62.6 Å². The van der Waals surface area contributed by atoms with Crippen LogP contribution in [0, 0.1) is 22.0 Å². The molecule has 3 N–H and O–H groups in total. The molecule has 0 amide bonds. The molecule has 1 saturated carbocycles. The standard InChI is InChI=1S/C27H38F3NO9S/c28-27(29,30)19-6-5-7-21(16-19)39-18-20(32)10-11-23-22(24(33)17-25(23)34)8-3-1-2-4-9-26(35)38-12-14-41-15-13-40-31(36)37/h1,3,5-7,16,20,22-25,32-34H,2,4,8-15,17-18H2/b3-1-/t20-,22-,23-,24+,25-/m1/s1. The average molecular weight is 610 g/mol. The van der Waals surface area contributed by atoms with E-state index in [4.69, 9.17) is 9.47 Å². The van der Waals surface area contributed by atoms with Crippen LogP contribution < -0.4 is 4.74 Å². The number of esters is 1. The summed E-state index contributed by atoms with van der Waals surface area (Å²) in [4.78, 5) is 26.0. The molecule has 1 aliphatic carbocycles. The second kappa shape index (κ2) is 18.1. The highest BCUT2D eigenvalue weighted by molar-refractivity contribution is 7.99. The van der Waals surface area contributed by atoms with Crippen LogP contribution in [0.1, 0.15) is 50.5 Å². The second-order valence-electron chi connectivity index (χ2n) is 9.75. The van der Waals surface area contributed by atoms with Crippen LogP contribution in [-0.2, 0) is 20.5 Å². The Morgan fingerprint density at radius 3 is 2.63 bits per heavy atom. The zero-order chi connectivity index (χ0) is 30.3. The molecule has 0 aliphatic heterocycles. The molecule has 1 aromatic rings. The summed E-state index contributed by atoms with van der Waals surface area (Å²) in [7, 11) is 0. The zero-order valence-corrected chi connectivity index (χ0v) is 23.4. The van der Waals surface area contributed by atoms with Crippen molar-refractivity contribution in [2.45, 2.75) is 69.4 Å². The van der Waals surface area contributed by atoms with Crippen molar-refractivity contribution in [3.8, 4) is 5.75 Å². The number of halogens is 3. The van der Waals surface area contributed by atoms with Crippen LogP contribution in [0.3, 0.4) is 0 Å². The average Bonchev–Trinajstić information content (AvgIpc) is 3.18. The molecule has 0 bridgehead atoms. The van der Waals surface area contributed by atoms with Crippen molar-refractivity contribution in [2.75, 3.05) is 31.3 Å². The van der Waals surface area contributed by atoms with Crippen molar-refractivity contribution in [2.24, 2.45) is 11.8 Å². The SMILES string of the molecule is O=C(CCC/C=C\C[C@@H]1[C@@H](CC[C@@H](O)COc2cccc(C(F)(F)F)c2)[C@H](O)C[C@@H]1O)OCCSCCO[N+](=O)[O-]. The number of aliphatic hydroxyl groups is 3. The Labute approximate surface area is 241 Å². The van der Waals surface area contributed by atoms with Gasteiger partial charge in [0.05, 0.1) is 23.9 Å². The first kappa shape index (κ1) is 34.7. The van der Waals surface area contributed by atoms with Crippen molar-refractivity contribution in [3.63, 3.8) is 0 Å². The smallest absolute Gasteiger partial charge is 0.416 e. The van der Waals surface area contributed by atoms with Crippen LogP contribution in [0.4, 0.5) is 13.2 Å². The number of aliphatic hydroxyl groups excluding tert-OH is 3. The van der Waals surface area contributed by atoms with Crippen LogP contribution in [-0.4, -0.2) is 76.0 Å². The Kier molecular flexibility index (Phi) is 15.3. The number of alkyl halides is 3. The fourth-order valence-corrected chi connectivity index (χ4v) is 5.22. The lowest BCUT2D eigenvalue weighted by atomic mass is 9.86. The molecule has 0 saturated heterocycles. The molecular weight excluding hydrogens is 571 g/mol. The lowest BCUT2D eigenvalue weighted by Crippen LogP contribution is -2.25. The second-order valence-corrected chi connectivity index (χ2v) is 11.0. The lowest BCUT2D eigenvalue weighted by Gasteiger charge is -2.23. The van der Waals surface area contributed by atoms with Crippen LogP contribution in [0.15, 0.2) is 36.4 Å². The quantitative estimate of drug-likeness (QED) is 0.0686. The van der Waals surface area contributed by atoms with E-state index in [9.17, 15) is 43.4 Å². The first-order valence-electron chi connectivity index (χ1n) is 13.5. The van der Waals surface area contributed by atoms with Crippen LogP contribution >= 0.6 is 11.8 Å². The topological polar surface area (TPSA) is 149 Å². The highest BCUT2D eigenvalue weighted by Crippen LogP contribution is 2.38. The Hall–Kier alpha value is -2.55. The Morgan fingerprint density at radius 1 is 1.17 bits per heavy atom. The summed E-state index contributed by atoms with van der Waals surface area (Å²) < 4.78 is 49.0. The first-order valence-corrected chi connectivity index (χ1v) is 14.6. The summed E-state index contributed by atoms with van der Waals surface area (Å²) in [6.45, 7) is 0.00339. The van der Waals surface area contributed by atoms with E-state index in [1.807, 2.05) is 12.2 Å². The third-order valence-corrected chi connectivity index (χ3v) is 7.61. The molecule has 2 rings (SSSR count). The summed E-state index contributed by atoms with van der Waals surface area (Å²) in [5.74, 6) is 0.153. The van der Waals surface area contributed by atoms with E-state index < -0.39 is 35.1 Å². The van der Waals surface area contributed by atoms with Gasteiger partial charge >= 0.3 is 12.1 Å². The summed E-state index contributed by atoms with van der Waals surface area (Å²) in [6.07, 6.45) is -0.198.